The summed E-state index contributed by atoms with van der Waals surface area (Å²) in [6.45, 7) is 8.13. The zero-order chi connectivity index (χ0) is 14.8. The van der Waals surface area contributed by atoms with Gasteiger partial charge in [-0.15, -0.1) is 11.3 Å². The molecule has 1 nitrogen and oxygen atoms in total. The third-order valence-electron chi connectivity index (χ3n) is 3.02. The molecule has 0 unspecified atom stereocenters. The molecule has 0 aliphatic carbocycles. The quantitative estimate of drug-likeness (QED) is 0.790. The summed E-state index contributed by atoms with van der Waals surface area (Å²) in [6, 6.07) is 9.13. The second kappa shape index (κ2) is 6.37. The van der Waals surface area contributed by atoms with Gasteiger partial charge < -0.3 is 5.32 Å². The van der Waals surface area contributed by atoms with Gasteiger partial charge in [0.05, 0.1) is 0 Å². The van der Waals surface area contributed by atoms with Crippen LogP contribution in [0.5, 0.6) is 0 Å². The number of benzene rings is 1. The standard InChI is InChI=1S/C16H19BrFNS/c1-16(2,3)15-7-5-13(20-15)10-19-9-11-8-12(18)4-6-14(11)17/h4-8,19H,9-10H2,1-3H3. The second-order valence-corrected chi connectivity index (χ2v) is 7.88. The monoisotopic (exact) mass is 355 g/mol. The van der Waals surface area contributed by atoms with E-state index in [0.717, 1.165) is 16.6 Å². The molecule has 0 aliphatic heterocycles. The molecule has 1 aromatic carbocycles. The number of thiophene rings is 1. The molecule has 0 bridgehead atoms. The van der Waals surface area contributed by atoms with E-state index in [1.165, 1.54) is 15.8 Å². The molecule has 0 saturated carbocycles. The molecule has 2 aromatic rings. The highest BCUT2D eigenvalue weighted by molar-refractivity contribution is 9.10. The van der Waals surface area contributed by atoms with Gasteiger partial charge in [-0.2, -0.15) is 0 Å². The first-order chi connectivity index (χ1) is 9.36. The van der Waals surface area contributed by atoms with Gasteiger partial charge in [0.25, 0.3) is 0 Å². The van der Waals surface area contributed by atoms with Crippen LogP contribution < -0.4 is 5.32 Å². The Morgan fingerprint density at radius 1 is 1.15 bits per heavy atom. The van der Waals surface area contributed by atoms with Gasteiger partial charge in [-0.3, -0.25) is 0 Å². The Morgan fingerprint density at radius 2 is 1.90 bits per heavy atom. The minimum Gasteiger partial charge on any atom is -0.308 e. The predicted octanol–water partition coefficient (Wildman–Crippen LogP) is 5.24. The normalized spacial score (nSPS) is 11.8. The SMILES string of the molecule is CC(C)(C)c1ccc(CNCc2cc(F)ccc2Br)s1. The molecule has 20 heavy (non-hydrogen) atoms. The number of hydrogen-bond acceptors (Lipinski definition) is 2. The van der Waals surface area contributed by atoms with Crippen LogP contribution in [0.4, 0.5) is 4.39 Å². The van der Waals surface area contributed by atoms with E-state index in [1.807, 2.05) is 11.3 Å². The van der Waals surface area contributed by atoms with E-state index >= 15 is 0 Å². The fourth-order valence-corrected chi connectivity index (χ4v) is 3.30. The minimum atomic E-state index is -0.198. The number of halogens is 2. The Labute approximate surface area is 132 Å². The van der Waals surface area contributed by atoms with Crippen molar-refractivity contribution >= 4 is 27.3 Å². The number of hydrogen-bond donors (Lipinski definition) is 1. The lowest BCUT2D eigenvalue weighted by Gasteiger charge is -2.15. The maximum absolute atomic E-state index is 13.2. The summed E-state index contributed by atoms with van der Waals surface area (Å²) < 4.78 is 14.1. The molecule has 0 spiro atoms. The molecule has 0 saturated heterocycles. The largest absolute Gasteiger partial charge is 0.308 e. The Balaban J connectivity index is 1.93. The van der Waals surface area contributed by atoms with Crippen LogP contribution in [-0.2, 0) is 18.5 Å². The van der Waals surface area contributed by atoms with Crippen molar-refractivity contribution in [2.75, 3.05) is 0 Å². The van der Waals surface area contributed by atoms with Crippen LogP contribution in [-0.4, -0.2) is 0 Å². The molecule has 1 heterocycles. The lowest BCUT2D eigenvalue weighted by molar-refractivity contribution is 0.604. The maximum atomic E-state index is 13.2. The zero-order valence-electron chi connectivity index (χ0n) is 12.0. The van der Waals surface area contributed by atoms with Crippen molar-refractivity contribution in [2.24, 2.45) is 0 Å². The summed E-state index contributed by atoms with van der Waals surface area (Å²) in [6.07, 6.45) is 0. The zero-order valence-corrected chi connectivity index (χ0v) is 14.4. The van der Waals surface area contributed by atoms with Crippen LogP contribution in [0.15, 0.2) is 34.8 Å². The van der Waals surface area contributed by atoms with Gasteiger partial charge in [-0.05, 0) is 41.3 Å². The molecule has 1 N–H and O–H groups in total. The highest BCUT2D eigenvalue weighted by Gasteiger charge is 2.15. The lowest BCUT2D eigenvalue weighted by atomic mass is 9.95. The molecular weight excluding hydrogens is 337 g/mol. The molecule has 108 valence electrons. The average molecular weight is 356 g/mol. The topological polar surface area (TPSA) is 12.0 Å². The predicted molar refractivity (Wildman–Crippen MR) is 87.7 cm³/mol. The molecular formula is C16H19BrFNS. The molecule has 1 aromatic heterocycles. The first-order valence-corrected chi connectivity index (χ1v) is 8.21. The van der Waals surface area contributed by atoms with E-state index in [4.69, 9.17) is 0 Å². The van der Waals surface area contributed by atoms with Crippen LogP contribution in [0, 0.1) is 5.82 Å². The average Bonchev–Trinajstić information content (AvgIpc) is 2.82. The van der Waals surface area contributed by atoms with Gasteiger partial charge >= 0.3 is 0 Å². The summed E-state index contributed by atoms with van der Waals surface area (Å²) in [7, 11) is 0. The van der Waals surface area contributed by atoms with Crippen molar-refractivity contribution in [3.8, 4) is 0 Å². The molecule has 0 aliphatic rings. The van der Waals surface area contributed by atoms with Crippen molar-refractivity contribution in [1.29, 1.82) is 0 Å². The Bertz CT molecular complexity index is 586. The summed E-state index contributed by atoms with van der Waals surface area (Å²) in [5, 5.41) is 3.36. The van der Waals surface area contributed by atoms with Gasteiger partial charge in [0.2, 0.25) is 0 Å². The van der Waals surface area contributed by atoms with Crippen LogP contribution in [0.25, 0.3) is 0 Å². The Morgan fingerprint density at radius 3 is 2.55 bits per heavy atom. The van der Waals surface area contributed by atoms with E-state index in [-0.39, 0.29) is 11.2 Å². The fraction of sp³-hybridized carbons (Fsp3) is 0.375. The van der Waals surface area contributed by atoms with Crippen molar-refractivity contribution in [2.45, 2.75) is 39.3 Å². The lowest BCUT2D eigenvalue weighted by Crippen LogP contribution is -2.12. The third kappa shape index (κ3) is 4.14. The first kappa shape index (κ1) is 15.7. The summed E-state index contributed by atoms with van der Waals surface area (Å²) in [4.78, 5) is 2.70. The number of nitrogens with one attached hydrogen (secondary N) is 1. The van der Waals surface area contributed by atoms with Crippen molar-refractivity contribution < 1.29 is 4.39 Å². The van der Waals surface area contributed by atoms with Crippen LogP contribution in [0.1, 0.15) is 36.1 Å². The van der Waals surface area contributed by atoms with Crippen LogP contribution >= 0.6 is 27.3 Å². The van der Waals surface area contributed by atoms with Gasteiger partial charge in [-0.25, -0.2) is 4.39 Å². The van der Waals surface area contributed by atoms with Crippen LogP contribution in [0.3, 0.4) is 0 Å². The summed E-state index contributed by atoms with van der Waals surface area (Å²) in [5.74, 6) is -0.198. The summed E-state index contributed by atoms with van der Waals surface area (Å²) in [5.41, 5.74) is 1.15. The fourth-order valence-electron chi connectivity index (χ4n) is 1.88. The van der Waals surface area contributed by atoms with E-state index in [2.05, 4.69) is 54.2 Å². The van der Waals surface area contributed by atoms with E-state index in [9.17, 15) is 4.39 Å². The van der Waals surface area contributed by atoms with Crippen molar-refractivity contribution in [3.63, 3.8) is 0 Å². The first-order valence-electron chi connectivity index (χ1n) is 6.60. The third-order valence-corrected chi connectivity index (χ3v) is 5.31. The van der Waals surface area contributed by atoms with E-state index in [0.29, 0.717) is 6.54 Å². The van der Waals surface area contributed by atoms with Crippen LogP contribution in [0.2, 0.25) is 0 Å². The Hall–Kier alpha value is -0.710. The molecule has 0 radical (unpaired) electrons. The van der Waals surface area contributed by atoms with Gasteiger partial charge in [0, 0.05) is 27.3 Å². The number of rotatable bonds is 4. The molecule has 4 heteroatoms. The van der Waals surface area contributed by atoms with Gasteiger partial charge in [0.1, 0.15) is 5.82 Å². The van der Waals surface area contributed by atoms with Gasteiger partial charge in [-0.1, -0.05) is 36.7 Å². The second-order valence-electron chi connectivity index (χ2n) is 5.86. The molecule has 0 atom stereocenters. The Kier molecular flexibility index (Phi) is 4.99. The van der Waals surface area contributed by atoms with Gasteiger partial charge in [0.15, 0.2) is 0 Å². The maximum Gasteiger partial charge on any atom is 0.123 e. The molecule has 0 amide bonds. The molecule has 2 rings (SSSR count). The highest BCUT2D eigenvalue weighted by atomic mass is 79.9. The van der Waals surface area contributed by atoms with Crippen molar-refractivity contribution in [3.05, 3.63) is 55.9 Å². The highest BCUT2D eigenvalue weighted by Crippen LogP contribution is 2.29. The minimum absolute atomic E-state index is 0.198. The van der Waals surface area contributed by atoms with E-state index < -0.39 is 0 Å². The smallest absolute Gasteiger partial charge is 0.123 e. The van der Waals surface area contributed by atoms with Crippen molar-refractivity contribution in [1.82, 2.24) is 5.32 Å². The summed E-state index contributed by atoms with van der Waals surface area (Å²) >= 11 is 5.28. The molecule has 0 fully saturated rings. The van der Waals surface area contributed by atoms with E-state index in [1.54, 1.807) is 12.1 Å².